The second-order valence-electron chi connectivity index (χ2n) is 8.77. The van der Waals surface area contributed by atoms with Crippen molar-refractivity contribution in [3.63, 3.8) is 0 Å². The van der Waals surface area contributed by atoms with Crippen molar-refractivity contribution >= 4 is 16.1 Å². The molecule has 0 unspecified atom stereocenters. The number of aliphatic hydroxyl groups is 1. The van der Waals surface area contributed by atoms with Gasteiger partial charge in [-0.1, -0.05) is 73.5 Å². The quantitative estimate of drug-likeness (QED) is 0.208. The molecule has 0 atom stereocenters. The largest absolute Gasteiger partial charge is 0.380 e. The molecule has 0 saturated carbocycles. The second kappa shape index (κ2) is 12.4. The molecule has 9 heteroatoms. The lowest BCUT2D eigenvalue weighted by atomic mass is 9.72. The first-order chi connectivity index (χ1) is 16.4. The number of carbonyl (C=O) groups is 1. The molecule has 2 aromatic rings. The van der Waals surface area contributed by atoms with Crippen molar-refractivity contribution in [3.05, 3.63) is 71.8 Å². The van der Waals surface area contributed by atoms with Gasteiger partial charge in [0.05, 0.1) is 0 Å². The van der Waals surface area contributed by atoms with Crippen molar-refractivity contribution < 1.29 is 23.5 Å². The SMILES string of the molecule is O=C(CCCCCCNS(=O)(=O)N1CCC(C(O)(c2ccccc2)c2ccccc2)CC1)NO. The van der Waals surface area contributed by atoms with E-state index in [2.05, 4.69) is 4.72 Å². The molecule has 34 heavy (non-hydrogen) atoms. The molecule has 0 spiro atoms. The fraction of sp³-hybridized carbons (Fsp3) is 0.480. The first kappa shape index (κ1) is 26.3. The van der Waals surface area contributed by atoms with Crippen LogP contribution in [0.4, 0.5) is 0 Å². The zero-order valence-corrected chi connectivity index (χ0v) is 20.2. The molecule has 2 aromatic carbocycles. The van der Waals surface area contributed by atoms with Crippen LogP contribution in [0, 0.1) is 5.92 Å². The number of nitrogens with one attached hydrogen (secondary N) is 2. The molecule has 0 aliphatic carbocycles. The summed E-state index contributed by atoms with van der Waals surface area (Å²) in [6.07, 6.45) is 4.27. The van der Waals surface area contributed by atoms with Crippen LogP contribution in [0.2, 0.25) is 0 Å². The third-order valence-electron chi connectivity index (χ3n) is 6.55. The minimum atomic E-state index is -3.59. The molecule has 1 fully saturated rings. The number of nitrogens with zero attached hydrogens (tertiary/aromatic N) is 1. The highest BCUT2D eigenvalue weighted by Crippen LogP contribution is 2.42. The third-order valence-corrected chi connectivity index (χ3v) is 8.17. The van der Waals surface area contributed by atoms with Crippen molar-refractivity contribution in [2.75, 3.05) is 19.6 Å². The lowest BCUT2D eigenvalue weighted by molar-refractivity contribution is -0.129. The van der Waals surface area contributed by atoms with E-state index in [-0.39, 0.29) is 12.3 Å². The summed E-state index contributed by atoms with van der Waals surface area (Å²) in [7, 11) is -3.59. The Morgan fingerprint density at radius 1 is 0.912 bits per heavy atom. The van der Waals surface area contributed by atoms with Crippen molar-refractivity contribution in [1.29, 1.82) is 0 Å². The highest BCUT2D eigenvalue weighted by atomic mass is 32.2. The van der Waals surface area contributed by atoms with Gasteiger partial charge < -0.3 is 5.11 Å². The molecule has 1 saturated heterocycles. The summed E-state index contributed by atoms with van der Waals surface area (Å²) in [4.78, 5) is 11.0. The minimum absolute atomic E-state index is 0.111. The molecule has 1 heterocycles. The molecule has 0 aromatic heterocycles. The number of hydrogen-bond donors (Lipinski definition) is 4. The predicted molar refractivity (Wildman–Crippen MR) is 130 cm³/mol. The van der Waals surface area contributed by atoms with Gasteiger partial charge in [0.15, 0.2) is 0 Å². The predicted octanol–water partition coefficient (Wildman–Crippen LogP) is 2.92. The maximum Gasteiger partial charge on any atom is 0.279 e. The van der Waals surface area contributed by atoms with Gasteiger partial charge in [0.2, 0.25) is 5.91 Å². The Labute approximate surface area is 202 Å². The number of hydroxylamine groups is 1. The van der Waals surface area contributed by atoms with Gasteiger partial charge in [-0.15, -0.1) is 0 Å². The zero-order valence-electron chi connectivity index (χ0n) is 19.4. The summed E-state index contributed by atoms with van der Waals surface area (Å²) in [5.74, 6) is -0.518. The summed E-state index contributed by atoms with van der Waals surface area (Å²) in [5.41, 5.74) is 2.05. The van der Waals surface area contributed by atoms with Gasteiger partial charge in [-0.3, -0.25) is 10.0 Å². The Kier molecular flexibility index (Phi) is 9.61. The summed E-state index contributed by atoms with van der Waals surface area (Å²) in [6.45, 7) is 1.03. The topological polar surface area (TPSA) is 119 Å². The summed E-state index contributed by atoms with van der Waals surface area (Å²) in [5, 5.41) is 20.4. The summed E-state index contributed by atoms with van der Waals surface area (Å²) in [6, 6.07) is 19.2. The Bertz CT molecular complexity index is 954. The van der Waals surface area contributed by atoms with E-state index in [1.54, 1.807) is 5.48 Å². The van der Waals surface area contributed by atoms with Crippen LogP contribution in [0.25, 0.3) is 0 Å². The fourth-order valence-electron chi connectivity index (χ4n) is 4.65. The monoisotopic (exact) mass is 489 g/mol. The van der Waals surface area contributed by atoms with Gasteiger partial charge in [0, 0.05) is 26.1 Å². The second-order valence-corrected chi connectivity index (χ2v) is 10.5. The maximum atomic E-state index is 12.8. The molecule has 186 valence electrons. The molecule has 1 amide bonds. The summed E-state index contributed by atoms with van der Waals surface area (Å²) < 4.78 is 29.7. The minimum Gasteiger partial charge on any atom is -0.380 e. The van der Waals surface area contributed by atoms with E-state index in [1.165, 1.54) is 4.31 Å². The van der Waals surface area contributed by atoms with Gasteiger partial charge in [0.25, 0.3) is 10.2 Å². The molecule has 8 nitrogen and oxygen atoms in total. The molecule has 0 bridgehead atoms. The van der Waals surface area contributed by atoms with Crippen LogP contribution in [0.1, 0.15) is 56.1 Å². The van der Waals surface area contributed by atoms with E-state index in [0.717, 1.165) is 24.0 Å². The molecular formula is C25H35N3O5S. The van der Waals surface area contributed by atoms with Crippen LogP contribution in [0.15, 0.2) is 60.7 Å². The number of piperidine rings is 1. The smallest absolute Gasteiger partial charge is 0.279 e. The summed E-state index contributed by atoms with van der Waals surface area (Å²) >= 11 is 0. The van der Waals surface area contributed by atoms with E-state index in [0.29, 0.717) is 45.3 Å². The van der Waals surface area contributed by atoms with Crippen molar-refractivity contribution in [3.8, 4) is 0 Å². The van der Waals surface area contributed by atoms with Crippen LogP contribution in [0.3, 0.4) is 0 Å². The van der Waals surface area contributed by atoms with Crippen molar-refractivity contribution in [2.45, 2.75) is 50.5 Å². The third kappa shape index (κ3) is 6.64. The molecule has 4 N–H and O–H groups in total. The number of benzene rings is 2. The van der Waals surface area contributed by atoms with Gasteiger partial charge in [0.1, 0.15) is 5.60 Å². The Hall–Kier alpha value is -2.30. The average molecular weight is 490 g/mol. The lowest BCUT2D eigenvalue weighted by Crippen LogP contribution is -2.49. The average Bonchev–Trinajstić information content (AvgIpc) is 2.88. The van der Waals surface area contributed by atoms with Crippen LogP contribution in [-0.2, 0) is 20.6 Å². The number of amides is 1. The fourth-order valence-corrected chi connectivity index (χ4v) is 5.93. The lowest BCUT2D eigenvalue weighted by Gasteiger charge is -2.42. The standard InChI is InChI=1S/C25H35N3O5S/c29-24(27-31)15-9-1-2-10-18-26-34(32,33)28-19-16-23(17-20-28)25(30,21-11-5-3-6-12-21)22-13-7-4-8-14-22/h3-8,11-14,23,26,30-31H,1-2,9-10,15-20H2,(H,27,29). The van der Waals surface area contributed by atoms with Crippen molar-refractivity contribution in [2.24, 2.45) is 5.92 Å². The molecule has 1 aliphatic rings. The normalized spacial score (nSPS) is 15.8. The molecular weight excluding hydrogens is 454 g/mol. The van der Waals surface area contributed by atoms with Gasteiger partial charge in [-0.05, 0) is 42.7 Å². The maximum absolute atomic E-state index is 12.8. The zero-order chi connectivity index (χ0) is 24.4. The number of unbranched alkanes of at least 4 members (excludes halogenated alkanes) is 3. The van der Waals surface area contributed by atoms with Crippen LogP contribution in [-0.4, -0.2) is 48.6 Å². The van der Waals surface area contributed by atoms with Crippen LogP contribution in [0.5, 0.6) is 0 Å². The van der Waals surface area contributed by atoms with Crippen LogP contribution >= 0.6 is 0 Å². The van der Waals surface area contributed by atoms with E-state index in [4.69, 9.17) is 5.21 Å². The number of hydrogen-bond acceptors (Lipinski definition) is 5. The Morgan fingerprint density at radius 2 is 1.44 bits per heavy atom. The molecule has 1 aliphatic heterocycles. The molecule has 0 radical (unpaired) electrons. The molecule has 3 rings (SSSR count). The van der Waals surface area contributed by atoms with Crippen LogP contribution < -0.4 is 10.2 Å². The van der Waals surface area contributed by atoms with Crippen molar-refractivity contribution in [1.82, 2.24) is 14.5 Å². The van der Waals surface area contributed by atoms with Gasteiger partial charge in [-0.2, -0.15) is 12.7 Å². The van der Waals surface area contributed by atoms with Gasteiger partial charge in [-0.25, -0.2) is 10.2 Å². The van der Waals surface area contributed by atoms with E-state index >= 15 is 0 Å². The highest BCUT2D eigenvalue weighted by Gasteiger charge is 2.42. The van der Waals surface area contributed by atoms with E-state index in [1.807, 2.05) is 60.7 Å². The Morgan fingerprint density at radius 3 is 1.97 bits per heavy atom. The van der Waals surface area contributed by atoms with Gasteiger partial charge >= 0.3 is 0 Å². The first-order valence-electron chi connectivity index (χ1n) is 11.9. The Balaban J connectivity index is 1.54. The van der Waals surface area contributed by atoms with E-state index < -0.39 is 21.7 Å². The first-order valence-corrected chi connectivity index (χ1v) is 13.3. The highest BCUT2D eigenvalue weighted by molar-refractivity contribution is 7.87. The number of rotatable bonds is 12. The van der Waals surface area contributed by atoms with E-state index in [9.17, 15) is 18.3 Å². The number of carbonyl (C=O) groups excluding carboxylic acids is 1.